The average molecular weight is 543 g/mol. The highest BCUT2D eigenvalue weighted by molar-refractivity contribution is 5.83. The Morgan fingerprint density at radius 3 is 2.10 bits per heavy atom. The van der Waals surface area contributed by atoms with Crippen molar-refractivity contribution < 1.29 is 0 Å². The van der Waals surface area contributed by atoms with E-state index >= 15 is 0 Å². The van der Waals surface area contributed by atoms with Gasteiger partial charge < -0.3 is 10.2 Å². The van der Waals surface area contributed by atoms with Crippen LogP contribution in [0.5, 0.6) is 0 Å². The summed E-state index contributed by atoms with van der Waals surface area (Å²) in [5, 5.41) is 3.65. The van der Waals surface area contributed by atoms with Crippen molar-refractivity contribution in [2.24, 2.45) is 0 Å². The molecule has 0 radical (unpaired) electrons. The molecule has 0 saturated carbocycles. The van der Waals surface area contributed by atoms with Crippen molar-refractivity contribution >= 4 is 28.4 Å². The van der Waals surface area contributed by atoms with Crippen LogP contribution in [0.4, 0.5) is 17.2 Å². The molecule has 1 atom stereocenters. The topological polar surface area (TPSA) is 58.9 Å². The van der Waals surface area contributed by atoms with Gasteiger partial charge in [-0.25, -0.2) is 15.0 Å². The Kier molecular flexibility index (Phi) is 5.74. The van der Waals surface area contributed by atoms with Crippen LogP contribution in [-0.4, -0.2) is 19.5 Å². The van der Waals surface area contributed by atoms with Crippen molar-refractivity contribution in [1.82, 2.24) is 19.5 Å². The third-order valence-electron chi connectivity index (χ3n) is 7.71. The zero-order chi connectivity index (χ0) is 27.9. The maximum absolute atomic E-state index is 4.97. The lowest BCUT2D eigenvalue weighted by atomic mass is 9.99. The fraction of sp³-hybridized carbons (Fsp3) is 0.0278. The lowest BCUT2D eigenvalue weighted by Crippen LogP contribution is -2.23. The second kappa shape index (κ2) is 10.0. The number of para-hydroxylation sites is 2. The van der Waals surface area contributed by atoms with Gasteiger partial charge in [0.15, 0.2) is 11.5 Å². The van der Waals surface area contributed by atoms with Gasteiger partial charge in [0, 0.05) is 29.3 Å². The molecule has 0 aliphatic carbocycles. The molecule has 1 aliphatic rings. The molecule has 6 nitrogen and oxygen atoms in total. The van der Waals surface area contributed by atoms with E-state index in [0.29, 0.717) is 0 Å². The third kappa shape index (κ3) is 4.09. The van der Waals surface area contributed by atoms with E-state index < -0.39 is 0 Å². The van der Waals surface area contributed by atoms with Crippen LogP contribution in [0.25, 0.3) is 39.4 Å². The second-order valence-electron chi connectivity index (χ2n) is 10.3. The smallest absolute Gasteiger partial charge is 0.178 e. The van der Waals surface area contributed by atoms with Gasteiger partial charge in [0.05, 0.1) is 11.2 Å². The van der Waals surface area contributed by atoms with Crippen LogP contribution in [0, 0.1) is 0 Å². The summed E-state index contributed by atoms with van der Waals surface area (Å²) in [5.74, 6) is 1.74. The van der Waals surface area contributed by atoms with Crippen molar-refractivity contribution in [3.63, 3.8) is 0 Å². The molecular weight excluding hydrogens is 516 g/mol. The molecule has 7 aromatic rings. The van der Waals surface area contributed by atoms with E-state index in [1.54, 1.807) is 6.20 Å². The van der Waals surface area contributed by atoms with Crippen molar-refractivity contribution in [2.75, 3.05) is 10.2 Å². The summed E-state index contributed by atoms with van der Waals surface area (Å²) in [4.78, 5) is 16.5. The zero-order valence-corrected chi connectivity index (χ0v) is 22.7. The van der Waals surface area contributed by atoms with Crippen LogP contribution in [0.3, 0.4) is 0 Å². The third-order valence-corrected chi connectivity index (χ3v) is 7.71. The van der Waals surface area contributed by atoms with E-state index in [1.165, 1.54) is 0 Å². The minimum atomic E-state index is -0.0891. The monoisotopic (exact) mass is 542 g/mol. The number of aromatic nitrogens is 4. The largest absolute Gasteiger partial charge is 0.344 e. The van der Waals surface area contributed by atoms with E-state index in [1.807, 2.05) is 42.6 Å². The van der Waals surface area contributed by atoms with Gasteiger partial charge in [-0.05, 0) is 77.4 Å². The standard InChI is InChI=1S/C36H26N6/c1-3-15-29(16-4-1)41-31-19-9-21-37-33(31)39-35(41)27-13-7-11-25(23-27)26-12-8-14-28(24-26)36-40-34-32(20-10-22-38-34)42(36)30-17-5-2-6-18-30/h1-24,35H,(H,37,39). The number of anilines is 3. The Balaban J connectivity index is 1.21. The summed E-state index contributed by atoms with van der Waals surface area (Å²) in [7, 11) is 0. The van der Waals surface area contributed by atoms with E-state index in [4.69, 9.17) is 4.98 Å². The van der Waals surface area contributed by atoms with Crippen molar-refractivity contribution in [1.29, 1.82) is 0 Å². The van der Waals surface area contributed by atoms with Gasteiger partial charge in [-0.1, -0.05) is 72.8 Å². The summed E-state index contributed by atoms with van der Waals surface area (Å²) >= 11 is 0. The second-order valence-corrected chi connectivity index (χ2v) is 10.3. The van der Waals surface area contributed by atoms with E-state index in [-0.39, 0.29) is 6.17 Å². The molecule has 3 aromatic heterocycles. The lowest BCUT2D eigenvalue weighted by molar-refractivity contribution is 0.827. The number of nitrogens with one attached hydrogen (secondary N) is 1. The highest BCUT2D eigenvalue weighted by Gasteiger charge is 2.32. The summed E-state index contributed by atoms with van der Waals surface area (Å²) in [6.45, 7) is 0. The van der Waals surface area contributed by atoms with Gasteiger partial charge in [0.1, 0.15) is 12.0 Å². The first-order chi connectivity index (χ1) is 20.8. The zero-order valence-electron chi connectivity index (χ0n) is 22.7. The van der Waals surface area contributed by atoms with Gasteiger partial charge in [0.2, 0.25) is 0 Å². The summed E-state index contributed by atoms with van der Waals surface area (Å²) in [6, 6.07) is 46.2. The van der Waals surface area contributed by atoms with Gasteiger partial charge in [0.25, 0.3) is 0 Å². The predicted octanol–water partition coefficient (Wildman–Crippen LogP) is 8.41. The van der Waals surface area contributed by atoms with Crippen LogP contribution >= 0.6 is 0 Å². The minimum absolute atomic E-state index is 0.0891. The summed E-state index contributed by atoms with van der Waals surface area (Å²) in [5.41, 5.74) is 9.37. The molecule has 200 valence electrons. The van der Waals surface area contributed by atoms with E-state index in [9.17, 15) is 0 Å². The predicted molar refractivity (Wildman–Crippen MR) is 169 cm³/mol. The summed E-state index contributed by atoms with van der Waals surface area (Å²) < 4.78 is 2.18. The molecule has 1 aliphatic heterocycles. The normalized spacial score (nSPS) is 14.1. The highest BCUT2D eigenvalue weighted by atomic mass is 15.4. The molecule has 4 heterocycles. The number of hydrogen-bond acceptors (Lipinski definition) is 5. The SMILES string of the molecule is c1ccc(N2c3cccnc3NC2c2cccc(-c3cccc(-c4nc5ncccc5n4-c4ccccc4)c3)c2)cc1. The van der Waals surface area contributed by atoms with Crippen LogP contribution in [0.2, 0.25) is 0 Å². The molecule has 0 saturated heterocycles. The molecule has 0 bridgehead atoms. The number of nitrogens with zero attached hydrogens (tertiary/aromatic N) is 5. The van der Waals surface area contributed by atoms with Crippen LogP contribution in [0.1, 0.15) is 11.7 Å². The minimum Gasteiger partial charge on any atom is -0.344 e. The molecule has 1 N–H and O–H groups in total. The van der Waals surface area contributed by atoms with Crippen molar-refractivity contribution in [3.05, 3.63) is 151 Å². The maximum atomic E-state index is 4.97. The Bertz CT molecular complexity index is 2030. The molecule has 8 rings (SSSR count). The lowest BCUT2D eigenvalue weighted by Gasteiger charge is -2.27. The number of pyridine rings is 2. The van der Waals surface area contributed by atoms with Gasteiger partial charge in [-0.15, -0.1) is 0 Å². The van der Waals surface area contributed by atoms with Crippen molar-refractivity contribution in [3.8, 4) is 28.2 Å². The summed E-state index contributed by atoms with van der Waals surface area (Å²) in [6.07, 6.45) is 3.53. The number of hydrogen-bond donors (Lipinski definition) is 1. The Hall–Kier alpha value is -5.75. The first kappa shape index (κ1) is 24.1. The Morgan fingerprint density at radius 1 is 0.571 bits per heavy atom. The maximum Gasteiger partial charge on any atom is 0.178 e. The van der Waals surface area contributed by atoms with Crippen molar-refractivity contribution in [2.45, 2.75) is 6.17 Å². The van der Waals surface area contributed by atoms with E-state index in [2.05, 4.69) is 122 Å². The number of imidazole rings is 1. The molecule has 6 heteroatoms. The van der Waals surface area contributed by atoms with Crippen LogP contribution < -0.4 is 10.2 Å². The molecule has 1 unspecified atom stereocenters. The van der Waals surface area contributed by atoms with E-state index in [0.717, 1.165) is 62.1 Å². The van der Waals surface area contributed by atoms with Crippen LogP contribution in [0.15, 0.2) is 146 Å². The molecule has 0 fully saturated rings. The number of fused-ring (bicyclic) bond motifs is 2. The average Bonchev–Trinajstić information content (AvgIpc) is 3.65. The molecule has 0 amide bonds. The van der Waals surface area contributed by atoms with Gasteiger partial charge in [-0.2, -0.15) is 0 Å². The molecule has 4 aromatic carbocycles. The quantitative estimate of drug-likeness (QED) is 0.237. The molecule has 0 spiro atoms. The number of benzene rings is 4. The fourth-order valence-electron chi connectivity index (χ4n) is 5.82. The number of rotatable bonds is 5. The first-order valence-corrected chi connectivity index (χ1v) is 14.0. The van der Waals surface area contributed by atoms with Crippen LogP contribution in [-0.2, 0) is 0 Å². The molecule has 42 heavy (non-hydrogen) atoms. The Labute approximate surface area is 243 Å². The van der Waals surface area contributed by atoms with Gasteiger partial charge in [-0.3, -0.25) is 4.57 Å². The molecular formula is C36H26N6. The first-order valence-electron chi connectivity index (χ1n) is 14.0. The van der Waals surface area contributed by atoms with Gasteiger partial charge >= 0.3 is 0 Å². The Morgan fingerprint density at radius 2 is 1.26 bits per heavy atom. The highest BCUT2D eigenvalue weighted by Crippen LogP contribution is 2.45. The fourth-order valence-corrected chi connectivity index (χ4v) is 5.82.